The van der Waals surface area contributed by atoms with Crippen LogP contribution in [0.1, 0.15) is 35.3 Å². The number of para-hydroxylation sites is 1. The lowest BCUT2D eigenvalue weighted by Crippen LogP contribution is -2.16. The van der Waals surface area contributed by atoms with Gasteiger partial charge in [-0.3, -0.25) is 14.5 Å². The SMILES string of the molecule is O=CN(c1ccccc1)c1c[nH]c2c1C(=O)CCCC2. The monoisotopic (exact) mass is 268 g/mol. The number of aromatic amines is 1. The highest BCUT2D eigenvalue weighted by Gasteiger charge is 2.24. The van der Waals surface area contributed by atoms with Crippen LogP contribution in [0.3, 0.4) is 0 Å². The van der Waals surface area contributed by atoms with Crippen molar-refractivity contribution in [2.24, 2.45) is 0 Å². The quantitative estimate of drug-likeness (QED) is 0.686. The number of carbonyl (C=O) groups is 2. The van der Waals surface area contributed by atoms with E-state index in [4.69, 9.17) is 0 Å². The van der Waals surface area contributed by atoms with Gasteiger partial charge in [-0.15, -0.1) is 0 Å². The van der Waals surface area contributed by atoms with Gasteiger partial charge < -0.3 is 4.98 Å². The zero-order chi connectivity index (χ0) is 13.9. The van der Waals surface area contributed by atoms with Crippen molar-refractivity contribution in [2.75, 3.05) is 4.90 Å². The number of nitrogens with one attached hydrogen (secondary N) is 1. The molecule has 0 saturated carbocycles. The van der Waals surface area contributed by atoms with Crippen LogP contribution in [0.2, 0.25) is 0 Å². The predicted molar refractivity (Wildman–Crippen MR) is 77.3 cm³/mol. The molecule has 1 heterocycles. The molecule has 2 aromatic rings. The number of H-pyrrole nitrogens is 1. The van der Waals surface area contributed by atoms with Crippen LogP contribution in [0.5, 0.6) is 0 Å². The number of amides is 1. The van der Waals surface area contributed by atoms with Gasteiger partial charge >= 0.3 is 0 Å². The number of fused-ring (bicyclic) bond motifs is 1. The fraction of sp³-hybridized carbons (Fsp3) is 0.250. The summed E-state index contributed by atoms with van der Waals surface area (Å²) in [6.45, 7) is 0. The van der Waals surface area contributed by atoms with E-state index in [0.717, 1.165) is 37.1 Å². The van der Waals surface area contributed by atoms with Crippen molar-refractivity contribution in [1.82, 2.24) is 4.98 Å². The minimum Gasteiger partial charge on any atom is -0.362 e. The average molecular weight is 268 g/mol. The number of nitrogens with zero attached hydrogens (tertiary/aromatic N) is 1. The number of aromatic nitrogens is 1. The van der Waals surface area contributed by atoms with Crippen molar-refractivity contribution in [3.63, 3.8) is 0 Å². The number of hydrogen-bond donors (Lipinski definition) is 1. The first kappa shape index (κ1) is 12.7. The van der Waals surface area contributed by atoms with Gasteiger partial charge in [-0.25, -0.2) is 0 Å². The molecule has 0 saturated heterocycles. The molecule has 1 N–H and O–H groups in total. The van der Waals surface area contributed by atoms with Crippen molar-refractivity contribution >= 4 is 23.6 Å². The fourth-order valence-corrected chi connectivity index (χ4v) is 2.71. The summed E-state index contributed by atoms with van der Waals surface area (Å²) in [5.74, 6) is 0.122. The van der Waals surface area contributed by atoms with E-state index in [2.05, 4.69) is 4.98 Å². The molecule has 1 amide bonds. The Bertz CT molecular complexity index is 631. The highest BCUT2D eigenvalue weighted by molar-refractivity contribution is 6.06. The summed E-state index contributed by atoms with van der Waals surface area (Å²) in [5, 5.41) is 0. The maximum atomic E-state index is 12.3. The second-order valence-electron chi connectivity index (χ2n) is 4.97. The van der Waals surface area contributed by atoms with Crippen LogP contribution >= 0.6 is 0 Å². The Morgan fingerprint density at radius 1 is 1.10 bits per heavy atom. The van der Waals surface area contributed by atoms with Gasteiger partial charge in [-0.1, -0.05) is 18.2 Å². The van der Waals surface area contributed by atoms with Crippen LogP contribution in [-0.2, 0) is 11.2 Å². The molecule has 4 heteroatoms. The van der Waals surface area contributed by atoms with Crippen LogP contribution in [0.15, 0.2) is 36.5 Å². The lowest BCUT2D eigenvalue weighted by Gasteiger charge is -2.17. The number of hydrogen-bond acceptors (Lipinski definition) is 2. The Morgan fingerprint density at radius 2 is 1.85 bits per heavy atom. The standard InChI is InChI=1S/C16H16N2O2/c19-11-18(12-6-2-1-3-7-12)14-10-17-13-8-4-5-9-15(20)16(13)14/h1-3,6-7,10-11,17H,4-5,8-9H2. The van der Waals surface area contributed by atoms with E-state index in [1.54, 1.807) is 6.20 Å². The topological polar surface area (TPSA) is 53.2 Å². The molecule has 1 aliphatic rings. The number of rotatable bonds is 3. The van der Waals surface area contributed by atoms with Gasteiger partial charge in [0, 0.05) is 24.0 Å². The lowest BCUT2D eigenvalue weighted by atomic mass is 10.1. The van der Waals surface area contributed by atoms with E-state index in [1.807, 2.05) is 30.3 Å². The summed E-state index contributed by atoms with van der Waals surface area (Å²) in [6, 6.07) is 9.36. The maximum Gasteiger partial charge on any atom is 0.218 e. The number of benzene rings is 1. The van der Waals surface area contributed by atoms with E-state index < -0.39 is 0 Å². The third kappa shape index (κ3) is 2.13. The summed E-state index contributed by atoms with van der Waals surface area (Å²) in [5.41, 5.74) is 3.05. The first-order valence-corrected chi connectivity index (χ1v) is 6.84. The molecule has 1 aromatic carbocycles. The summed E-state index contributed by atoms with van der Waals surface area (Å²) >= 11 is 0. The molecule has 0 radical (unpaired) electrons. The van der Waals surface area contributed by atoms with Crippen molar-refractivity contribution in [3.05, 3.63) is 47.8 Å². The number of carbonyl (C=O) groups excluding carboxylic acids is 2. The van der Waals surface area contributed by atoms with Gasteiger partial charge in [0.2, 0.25) is 6.41 Å². The average Bonchev–Trinajstić information content (AvgIpc) is 2.80. The van der Waals surface area contributed by atoms with Crippen molar-refractivity contribution in [2.45, 2.75) is 25.7 Å². The first-order valence-electron chi connectivity index (χ1n) is 6.84. The molecule has 1 aliphatic carbocycles. The minimum atomic E-state index is 0.122. The van der Waals surface area contributed by atoms with E-state index in [1.165, 1.54) is 4.90 Å². The molecule has 3 rings (SSSR count). The van der Waals surface area contributed by atoms with Crippen LogP contribution in [-0.4, -0.2) is 17.2 Å². The summed E-state index contributed by atoms with van der Waals surface area (Å²) in [4.78, 5) is 28.4. The zero-order valence-electron chi connectivity index (χ0n) is 11.1. The van der Waals surface area contributed by atoms with Crippen LogP contribution in [0.25, 0.3) is 0 Å². The molecule has 0 fully saturated rings. The molecular weight excluding hydrogens is 252 g/mol. The number of ketones is 1. The highest BCUT2D eigenvalue weighted by atomic mass is 16.1. The predicted octanol–water partition coefficient (Wildman–Crippen LogP) is 3.22. The van der Waals surface area contributed by atoms with E-state index in [-0.39, 0.29) is 5.78 Å². The highest BCUT2D eigenvalue weighted by Crippen LogP contribution is 2.32. The summed E-state index contributed by atoms with van der Waals surface area (Å²) < 4.78 is 0. The Balaban J connectivity index is 2.08. The van der Waals surface area contributed by atoms with Crippen molar-refractivity contribution in [3.8, 4) is 0 Å². The molecule has 4 nitrogen and oxygen atoms in total. The van der Waals surface area contributed by atoms with Crippen LogP contribution < -0.4 is 4.90 Å². The molecule has 102 valence electrons. The second-order valence-corrected chi connectivity index (χ2v) is 4.97. The summed E-state index contributed by atoms with van der Waals surface area (Å²) in [6.07, 6.45) is 5.85. The maximum absolute atomic E-state index is 12.3. The van der Waals surface area contributed by atoms with Gasteiger partial charge in [0.05, 0.1) is 11.3 Å². The van der Waals surface area contributed by atoms with Crippen LogP contribution in [0, 0.1) is 0 Å². The smallest absolute Gasteiger partial charge is 0.218 e. The number of Topliss-reactive ketones (excluding diaryl/α,β-unsaturated/α-hetero) is 1. The van der Waals surface area contributed by atoms with Gasteiger partial charge in [0.25, 0.3) is 0 Å². The van der Waals surface area contributed by atoms with Crippen molar-refractivity contribution < 1.29 is 9.59 Å². The molecule has 0 unspecified atom stereocenters. The number of anilines is 2. The Labute approximate surface area is 117 Å². The normalized spacial score (nSPS) is 14.5. The third-order valence-electron chi connectivity index (χ3n) is 3.70. The Hall–Kier alpha value is -2.36. The molecule has 0 bridgehead atoms. The minimum absolute atomic E-state index is 0.122. The van der Waals surface area contributed by atoms with Gasteiger partial charge in [-0.2, -0.15) is 0 Å². The van der Waals surface area contributed by atoms with E-state index in [9.17, 15) is 9.59 Å². The fourth-order valence-electron chi connectivity index (χ4n) is 2.71. The first-order chi connectivity index (χ1) is 9.81. The molecule has 20 heavy (non-hydrogen) atoms. The van der Waals surface area contributed by atoms with Crippen molar-refractivity contribution in [1.29, 1.82) is 0 Å². The van der Waals surface area contributed by atoms with E-state index in [0.29, 0.717) is 17.7 Å². The third-order valence-corrected chi connectivity index (χ3v) is 3.70. The lowest BCUT2D eigenvalue weighted by molar-refractivity contribution is -0.106. The van der Waals surface area contributed by atoms with Crippen LogP contribution in [0.4, 0.5) is 11.4 Å². The number of aryl methyl sites for hydroxylation is 1. The summed E-state index contributed by atoms with van der Waals surface area (Å²) in [7, 11) is 0. The molecule has 0 spiro atoms. The Morgan fingerprint density at radius 3 is 2.60 bits per heavy atom. The van der Waals surface area contributed by atoms with E-state index >= 15 is 0 Å². The molecule has 1 aromatic heterocycles. The zero-order valence-corrected chi connectivity index (χ0v) is 11.1. The van der Waals surface area contributed by atoms with Gasteiger partial charge in [-0.05, 0) is 31.4 Å². The largest absolute Gasteiger partial charge is 0.362 e. The molecular formula is C16H16N2O2. The Kier molecular flexibility index (Phi) is 3.37. The molecule has 0 atom stereocenters. The van der Waals surface area contributed by atoms with Gasteiger partial charge in [0.1, 0.15) is 0 Å². The van der Waals surface area contributed by atoms with Gasteiger partial charge in [0.15, 0.2) is 5.78 Å². The molecule has 0 aliphatic heterocycles. The second kappa shape index (κ2) is 5.33.